The topological polar surface area (TPSA) is 79.5 Å². The molecule has 0 unspecified atom stereocenters. The van der Waals surface area contributed by atoms with Gasteiger partial charge in [-0.25, -0.2) is 9.18 Å². The van der Waals surface area contributed by atoms with Gasteiger partial charge in [0, 0.05) is 16.1 Å². The van der Waals surface area contributed by atoms with Crippen molar-refractivity contribution in [3.63, 3.8) is 0 Å². The molecule has 0 radical (unpaired) electrons. The molecule has 2 aromatic rings. The SMILES string of the molecule is CCCc1cc(C#N)c(-c2cc(Cl)ccc2OC(=O)OCC)c(F)c1O. The van der Waals surface area contributed by atoms with Crippen molar-refractivity contribution in [1.29, 1.82) is 5.26 Å². The number of ether oxygens (including phenoxy) is 2. The largest absolute Gasteiger partial charge is 0.513 e. The Bertz CT molecular complexity index is 877. The van der Waals surface area contributed by atoms with Gasteiger partial charge in [-0.3, -0.25) is 0 Å². The Morgan fingerprint density at radius 3 is 2.69 bits per heavy atom. The molecule has 0 amide bonds. The third-order valence-corrected chi connectivity index (χ3v) is 3.86. The van der Waals surface area contributed by atoms with Gasteiger partial charge in [0.15, 0.2) is 11.6 Å². The molecule has 0 aliphatic carbocycles. The highest BCUT2D eigenvalue weighted by Gasteiger charge is 2.23. The minimum Gasteiger partial charge on any atom is -0.505 e. The predicted molar refractivity (Wildman–Crippen MR) is 94.9 cm³/mol. The number of carbonyl (C=O) groups excluding carboxylic acids is 1. The smallest absolute Gasteiger partial charge is 0.505 e. The van der Waals surface area contributed by atoms with Crippen molar-refractivity contribution in [2.24, 2.45) is 0 Å². The third-order valence-electron chi connectivity index (χ3n) is 3.63. The normalized spacial score (nSPS) is 10.3. The molecule has 2 rings (SSSR count). The van der Waals surface area contributed by atoms with E-state index in [4.69, 9.17) is 21.1 Å². The van der Waals surface area contributed by atoms with Crippen molar-refractivity contribution < 1.29 is 23.8 Å². The van der Waals surface area contributed by atoms with Gasteiger partial charge in [-0.05, 0) is 43.2 Å². The number of hydrogen-bond acceptors (Lipinski definition) is 5. The van der Waals surface area contributed by atoms with Crippen LogP contribution in [0.1, 0.15) is 31.4 Å². The monoisotopic (exact) mass is 377 g/mol. The first-order chi connectivity index (χ1) is 12.4. The number of phenolic OH excluding ortho intramolecular Hbond substituents is 1. The van der Waals surface area contributed by atoms with Crippen LogP contribution in [-0.4, -0.2) is 17.9 Å². The van der Waals surface area contributed by atoms with Crippen molar-refractivity contribution in [2.75, 3.05) is 6.61 Å². The van der Waals surface area contributed by atoms with Gasteiger partial charge in [0.1, 0.15) is 5.75 Å². The Balaban J connectivity index is 2.68. The molecule has 136 valence electrons. The number of nitriles is 1. The number of aryl methyl sites for hydroxylation is 1. The van der Waals surface area contributed by atoms with E-state index in [2.05, 4.69) is 0 Å². The number of hydrogen-bond donors (Lipinski definition) is 1. The summed E-state index contributed by atoms with van der Waals surface area (Å²) < 4.78 is 24.7. The molecule has 2 aromatic carbocycles. The summed E-state index contributed by atoms with van der Waals surface area (Å²) in [5, 5.41) is 19.9. The van der Waals surface area contributed by atoms with Gasteiger partial charge in [-0.1, -0.05) is 24.9 Å². The number of benzene rings is 2. The van der Waals surface area contributed by atoms with Gasteiger partial charge in [-0.15, -0.1) is 0 Å². The van der Waals surface area contributed by atoms with E-state index in [0.29, 0.717) is 18.4 Å². The first-order valence-electron chi connectivity index (χ1n) is 8.01. The highest BCUT2D eigenvalue weighted by Crippen LogP contribution is 2.40. The summed E-state index contributed by atoms with van der Waals surface area (Å²) in [6.45, 7) is 3.59. The molecular formula is C19H17ClFNO4. The highest BCUT2D eigenvalue weighted by molar-refractivity contribution is 6.31. The molecule has 5 nitrogen and oxygen atoms in total. The molecule has 0 saturated carbocycles. The zero-order valence-electron chi connectivity index (χ0n) is 14.3. The van der Waals surface area contributed by atoms with Crippen LogP contribution in [0.2, 0.25) is 5.02 Å². The molecule has 0 heterocycles. The van der Waals surface area contributed by atoms with Crippen molar-refractivity contribution in [1.82, 2.24) is 0 Å². The number of phenols is 1. The maximum atomic E-state index is 14.9. The second-order valence-electron chi connectivity index (χ2n) is 5.41. The first kappa shape index (κ1) is 19.5. The van der Waals surface area contributed by atoms with Crippen LogP contribution in [0, 0.1) is 17.1 Å². The number of rotatable bonds is 5. The molecular weight excluding hydrogens is 361 g/mol. The standard InChI is InChI=1S/C19H17ClFNO4/c1-3-5-11-8-12(10-22)16(17(21)18(11)23)14-9-13(20)6-7-15(14)26-19(24)25-4-2/h6-9,23H,3-5H2,1-2H3. The Morgan fingerprint density at radius 1 is 1.35 bits per heavy atom. The van der Waals surface area contributed by atoms with Crippen molar-refractivity contribution in [3.8, 4) is 28.7 Å². The molecule has 0 aliphatic heterocycles. The maximum Gasteiger partial charge on any atom is 0.513 e. The predicted octanol–water partition coefficient (Wildman–Crippen LogP) is 5.21. The summed E-state index contributed by atoms with van der Waals surface area (Å²) >= 11 is 5.99. The van der Waals surface area contributed by atoms with E-state index in [1.165, 1.54) is 24.3 Å². The maximum absolute atomic E-state index is 14.9. The van der Waals surface area contributed by atoms with E-state index in [0.717, 1.165) is 0 Å². The molecule has 26 heavy (non-hydrogen) atoms. The van der Waals surface area contributed by atoms with E-state index in [1.807, 2.05) is 13.0 Å². The second-order valence-corrected chi connectivity index (χ2v) is 5.84. The minimum absolute atomic E-state index is 0.000254. The molecule has 7 heteroatoms. The highest BCUT2D eigenvalue weighted by atomic mass is 35.5. The van der Waals surface area contributed by atoms with E-state index in [1.54, 1.807) is 6.92 Å². The van der Waals surface area contributed by atoms with E-state index in [9.17, 15) is 19.6 Å². The lowest BCUT2D eigenvalue weighted by molar-refractivity contribution is 0.104. The average molecular weight is 378 g/mol. The second kappa shape index (κ2) is 8.54. The van der Waals surface area contributed by atoms with Crippen LogP contribution >= 0.6 is 11.6 Å². The lowest BCUT2D eigenvalue weighted by Gasteiger charge is -2.15. The number of halogens is 2. The lowest BCUT2D eigenvalue weighted by atomic mass is 9.94. The summed E-state index contributed by atoms with van der Waals surface area (Å²) in [5.41, 5.74) is 0.213. The average Bonchev–Trinajstić information content (AvgIpc) is 2.61. The Kier molecular flexibility index (Phi) is 6.42. The van der Waals surface area contributed by atoms with Crippen LogP contribution in [0.5, 0.6) is 11.5 Å². The fourth-order valence-electron chi connectivity index (χ4n) is 2.53. The Hall–Kier alpha value is -2.78. The summed E-state index contributed by atoms with van der Waals surface area (Å²) in [4.78, 5) is 11.6. The molecule has 0 spiro atoms. The first-order valence-corrected chi connectivity index (χ1v) is 8.39. The van der Waals surface area contributed by atoms with Gasteiger partial charge in [0.05, 0.1) is 18.2 Å². The zero-order chi connectivity index (χ0) is 19.3. The number of carbonyl (C=O) groups is 1. The van der Waals surface area contributed by atoms with Crippen molar-refractivity contribution in [3.05, 3.63) is 46.2 Å². The Morgan fingerprint density at radius 2 is 2.08 bits per heavy atom. The Labute approximate surface area is 155 Å². The van der Waals surface area contributed by atoms with Gasteiger partial charge < -0.3 is 14.6 Å². The van der Waals surface area contributed by atoms with Crippen molar-refractivity contribution in [2.45, 2.75) is 26.7 Å². The van der Waals surface area contributed by atoms with Crippen LogP contribution in [0.15, 0.2) is 24.3 Å². The number of nitrogens with zero attached hydrogens (tertiary/aromatic N) is 1. The van der Waals surface area contributed by atoms with Crippen LogP contribution in [0.4, 0.5) is 9.18 Å². The quantitative estimate of drug-likeness (QED) is 0.571. The van der Waals surface area contributed by atoms with Crippen LogP contribution in [0.25, 0.3) is 11.1 Å². The van der Waals surface area contributed by atoms with Crippen LogP contribution < -0.4 is 4.74 Å². The van der Waals surface area contributed by atoms with Gasteiger partial charge in [0.25, 0.3) is 0 Å². The van der Waals surface area contributed by atoms with Gasteiger partial charge in [-0.2, -0.15) is 5.26 Å². The molecule has 0 atom stereocenters. The summed E-state index contributed by atoms with van der Waals surface area (Å²) in [7, 11) is 0. The summed E-state index contributed by atoms with van der Waals surface area (Å²) in [5.74, 6) is -1.54. The third kappa shape index (κ3) is 4.06. The zero-order valence-corrected chi connectivity index (χ0v) is 15.1. The fraction of sp³-hybridized carbons (Fsp3) is 0.263. The van der Waals surface area contributed by atoms with Gasteiger partial charge in [0.2, 0.25) is 0 Å². The van der Waals surface area contributed by atoms with Crippen LogP contribution in [-0.2, 0) is 11.2 Å². The number of aromatic hydroxyl groups is 1. The van der Waals surface area contributed by atoms with Crippen LogP contribution in [0.3, 0.4) is 0 Å². The molecule has 0 aromatic heterocycles. The molecule has 0 aliphatic rings. The lowest BCUT2D eigenvalue weighted by Crippen LogP contribution is -2.11. The fourth-order valence-corrected chi connectivity index (χ4v) is 2.70. The van der Waals surface area contributed by atoms with E-state index >= 15 is 0 Å². The van der Waals surface area contributed by atoms with Gasteiger partial charge >= 0.3 is 6.16 Å². The molecule has 0 bridgehead atoms. The summed E-state index contributed by atoms with van der Waals surface area (Å²) in [6.07, 6.45) is 0.118. The molecule has 0 saturated heterocycles. The minimum atomic E-state index is -0.971. The molecule has 1 N–H and O–H groups in total. The van der Waals surface area contributed by atoms with E-state index < -0.39 is 17.7 Å². The summed E-state index contributed by atoms with van der Waals surface area (Å²) in [6, 6.07) is 7.52. The molecule has 0 fully saturated rings. The van der Waals surface area contributed by atoms with Crippen molar-refractivity contribution >= 4 is 17.8 Å². The van der Waals surface area contributed by atoms with E-state index in [-0.39, 0.29) is 34.1 Å².